The van der Waals surface area contributed by atoms with E-state index in [0.29, 0.717) is 47.1 Å². The lowest BCUT2D eigenvalue weighted by Gasteiger charge is -2.29. The fourth-order valence-corrected chi connectivity index (χ4v) is 5.64. The zero-order valence-electron chi connectivity index (χ0n) is 22.0. The molecule has 0 aliphatic carbocycles. The number of ether oxygens (including phenoxy) is 1. The number of hydrogen-bond acceptors (Lipinski definition) is 13. The molecule has 2 aliphatic heterocycles. The van der Waals surface area contributed by atoms with Crippen molar-refractivity contribution in [2.45, 2.75) is 26.8 Å². The predicted molar refractivity (Wildman–Crippen MR) is 148 cm³/mol. The molecule has 0 atom stereocenters. The van der Waals surface area contributed by atoms with Crippen molar-refractivity contribution in [3.8, 4) is 11.4 Å². The molecular formula is C25H27N11O3S. The van der Waals surface area contributed by atoms with E-state index in [2.05, 4.69) is 41.1 Å². The largest absolute Gasteiger partial charge is 0.462 e. The molecule has 0 radical (unpaired) electrons. The van der Waals surface area contributed by atoms with E-state index in [9.17, 15) is 9.59 Å². The molecule has 3 N–H and O–H groups in total. The minimum Gasteiger partial charge on any atom is -0.462 e. The number of carbonyl (C=O) groups is 2. The number of fused-ring (bicyclic) bond motifs is 1. The van der Waals surface area contributed by atoms with Crippen LogP contribution in [0.1, 0.15) is 33.4 Å². The standard InChI is InChI=1S/C25H27N11O3S/c1-3-39-23(38)19-14(2)27-25(40-19)30-24-28-21-17(22(29-24)36-11-9-26-18(37)13-36)8-10-35(21)12-15-4-6-16(7-5-15)20-31-33-34-32-20/h4-7H,3,8-13H2,1-2H3,(H,26,37)(H,27,28,29,30)(H,31,32,33,34). The summed E-state index contributed by atoms with van der Waals surface area (Å²) in [6.07, 6.45) is 0.758. The van der Waals surface area contributed by atoms with E-state index in [0.717, 1.165) is 41.3 Å². The summed E-state index contributed by atoms with van der Waals surface area (Å²) in [5.74, 6) is 2.05. The monoisotopic (exact) mass is 561 g/mol. The van der Waals surface area contributed by atoms with Crippen LogP contribution in [0.15, 0.2) is 24.3 Å². The zero-order valence-corrected chi connectivity index (χ0v) is 22.8. The first-order valence-corrected chi connectivity index (χ1v) is 13.7. The molecule has 15 heteroatoms. The number of piperazine rings is 1. The summed E-state index contributed by atoms with van der Waals surface area (Å²) in [5, 5.41) is 20.6. The third-order valence-electron chi connectivity index (χ3n) is 6.65. The second-order valence-corrected chi connectivity index (χ2v) is 10.3. The van der Waals surface area contributed by atoms with Gasteiger partial charge in [-0.2, -0.15) is 9.97 Å². The number of thiazole rings is 1. The number of carbonyl (C=O) groups excluding carboxylic acids is 2. The van der Waals surface area contributed by atoms with E-state index >= 15 is 0 Å². The minimum atomic E-state index is -0.405. The molecule has 1 fully saturated rings. The van der Waals surface area contributed by atoms with Crippen LogP contribution in [-0.2, 0) is 22.5 Å². The summed E-state index contributed by atoms with van der Waals surface area (Å²) >= 11 is 1.20. The minimum absolute atomic E-state index is 0.0420. The molecule has 1 saturated heterocycles. The van der Waals surface area contributed by atoms with Crippen LogP contribution in [-0.4, -0.2) is 80.2 Å². The Labute approximate surface area is 233 Å². The van der Waals surface area contributed by atoms with Crippen LogP contribution in [0.4, 0.5) is 22.7 Å². The highest BCUT2D eigenvalue weighted by molar-refractivity contribution is 7.17. The number of nitrogens with zero attached hydrogens (tertiary/aromatic N) is 8. The quantitative estimate of drug-likeness (QED) is 0.268. The van der Waals surface area contributed by atoms with Gasteiger partial charge >= 0.3 is 5.97 Å². The Bertz CT molecular complexity index is 1540. The molecule has 1 aromatic carbocycles. The van der Waals surface area contributed by atoms with Gasteiger partial charge in [0, 0.05) is 37.3 Å². The number of esters is 1. The summed E-state index contributed by atoms with van der Waals surface area (Å²) in [6, 6.07) is 8.04. The summed E-state index contributed by atoms with van der Waals surface area (Å²) in [6.45, 7) is 6.64. The third kappa shape index (κ3) is 5.14. The highest BCUT2D eigenvalue weighted by Crippen LogP contribution is 2.36. The van der Waals surface area contributed by atoms with Gasteiger partial charge in [-0.1, -0.05) is 35.6 Å². The number of hydrogen-bond donors (Lipinski definition) is 3. The van der Waals surface area contributed by atoms with Gasteiger partial charge in [0.05, 0.1) is 18.8 Å². The first-order valence-electron chi connectivity index (χ1n) is 12.9. The number of rotatable bonds is 8. The molecule has 40 heavy (non-hydrogen) atoms. The van der Waals surface area contributed by atoms with E-state index in [1.165, 1.54) is 11.3 Å². The molecule has 0 unspecified atom stereocenters. The average Bonchev–Trinajstić information content (AvgIpc) is 3.70. The van der Waals surface area contributed by atoms with E-state index < -0.39 is 5.97 Å². The van der Waals surface area contributed by atoms with Crippen LogP contribution in [0.5, 0.6) is 0 Å². The Hall–Kier alpha value is -4.66. The number of aromatic amines is 1. The van der Waals surface area contributed by atoms with Crippen molar-refractivity contribution in [2.75, 3.05) is 47.9 Å². The summed E-state index contributed by atoms with van der Waals surface area (Å²) in [4.78, 5) is 43.3. The van der Waals surface area contributed by atoms with Gasteiger partial charge in [0.25, 0.3) is 0 Å². The highest BCUT2D eigenvalue weighted by Gasteiger charge is 2.30. The van der Waals surface area contributed by atoms with Gasteiger partial charge in [0.15, 0.2) is 11.0 Å². The maximum absolute atomic E-state index is 12.3. The Morgan fingerprint density at radius 3 is 2.73 bits per heavy atom. The van der Waals surface area contributed by atoms with Gasteiger partial charge in [0.2, 0.25) is 11.9 Å². The Balaban J connectivity index is 1.30. The van der Waals surface area contributed by atoms with E-state index in [1.54, 1.807) is 13.8 Å². The second kappa shape index (κ2) is 10.8. The second-order valence-electron chi connectivity index (χ2n) is 9.34. The number of aryl methyl sites for hydroxylation is 1. The number of benzene rings is 1. The molecule has 0 spiro atoms. The SMILES string of the molecule is CCOC(=O)c1sc(Nc2nc(N3CCNC(=O)C3)c3c(n2)N(Cc2ccc(-c4nnn[nH]4)cc2)CC3)nc1C. The van der Waals surface area contributed by atoms with Crippen LogP contribution >= 0.6 is 11.3 Å². The number of tetrazole rings is 1. The van der Waals surface area contributed by atoms with Crippen LogP contribution < -0.4 is 20.4 Å². The first-order chi connectivity index (χ1) is 19.5. The van der Waals surface area contributed by atoms with Crippen molar-refractivity contribution in [1.82, 2.24) is 40.9 Å². The average molecular weight is 562 g/mol. The van der Waals surface area contributed by atoms with E-state index in [4.69, 9.17) is 14.7 Å². The van der Waals surface area contributed by atoms with Crippen LogP contribution in [0, 0.1) is 6.92 Å². The van der Waals surface area contributed by atoms with Crippen molar-refractivity contribution in [2.24, 2.45) is 0 Å². The molecule has 2 aliphatic rings. The Morgan fingerprint density at radius 1 is 1.15 bits per heavy atom. The lowest BCUT2D eigenvalue weighted by atomic mass is 10.1. The Kier molecular flexibility index (Phi) is 6.94. The molecule has 4 aromatic rings. The predicted octanol–water partition coefficient (Wildman–Crippen LogP) is 1.84. The number of nitrogens with one attached hydrogen (secondary N) is 3. The molecule has 5 heterocycles. The fourth-order valence-electron chi connectivity index (χ4n) is 4.79. The molecule has 0 saturated carbocycles. The molecule has 6 rings (SSSR count). The van der Waals surface area contributed by atoms with Gasteiger partial charge in [0.1, 0.15) is 16.5 Å². The maximum atomic E-state index is 12.3. The lowest BCUT2D eigenvalue weighted by Crippen LogP contribution is -2.48. The lowest BCUT2D eigenvalue weighted by molar-refractivity contribution is -0.120. The normalized spacial score (nSPS) is 14.7. The smallest absolute Gasteiger partial charge is 0.350 e. The molecular weight excluding hydrogens is 534 g/mol. The first kappa shape index (κ1) is 25.6. The van der Waals surface area contributed by atoms with Crippen LogP contribution in [0.3, 0.4) is 0 Å². The molecule has 1 amide bonds. The summed E-state index contributed by atoms with van der Waals surface area (Å²) in [7, 11) is 0. The molecule has 206 valence electrons. The summed E-state index contributed by atoms with van der Waals surface area (Å²) < 4.78 is 5.15. The van der Waals surface area contributed by atoms with Gasteiger partial charge in [-0.05, 0) is 36.3 Å². The van der Waals surface area contributed by atoms with Gasteiger partial charge in [-0.25, -0.2) is 14.9 Å². The topological polar surface area (TPSA) is 167 Å². The van der Waals surface area contributed by atoms with Crippen LogP contribution in [0.2, 0.25) is 0 Å². The number of aromatic nitrogens is 7. The zero-order chi connectivity index (χ0) is 27.6. The number of amides is 1. The van der Waals surface area contributed by atoms with Crippen molar-refractivity contribution in [3.05, 3.63) is 46.0 Å². The van der Waals surface area contributed by atoms with Crippen LogP contribution in [0.25, 0.3) is 11.4 Å². The van der Waals surface area contributed by atoms with Crippen molar-refractivity contribution < 1.29 is 14.3 Å². The van der Waals surface area contributed by atoms with E-state index in [1.807, 2.05) is 29.2 Å². The third-order valence-corrected chi connectivity index (χ3v) is 7.71. The fraction of sp³-hybridized carbons (Fsp3) is 0.360. The number of H-pyrrole nitrogens is 1. The molecule has 14 nitrogen and oxygen atoms in total. The van der Waals surface area contributed by atoms with Crippen molar-refractivity contribution in [3.63, 3.8) is 0 Å². The summed E-state index contributed by atoms with van der Waals surface area (Å²) in [5.41, 5.74) is 3.58. The van der Waals surface area contributed by atoms with Crippen molar-refractivity contribution in [1.29, 1.82) is 0 Å². The highest BCUT2D eigenvalue weighted by atomic mass is 32.1. The maximum Gasteiger partial charge on any atom is 0.350 e. The van der Waals surface area contributed by atoms with Gasteiger partial charge < -0.3 is 19.9 Å². The molecule has 0 bridgehead atoms. The Morgan fingerprint density at radius 2 is 1.98 bits per heavy atom. The van der Waals surface area contributed by atoms with E-state index in [-0.39, 0.29) is 19.1 Å². The van der Waals surface area contributed by atoms with Gasteiger partial charge in [-0.3, -0.25) is 10.1 Å². The number of anilines is 4. The molecule has 3 aromatic heterocycles. The van der Waals surface area contributed by atoms with Crippen molar-refractivity contribution >= 4 is 45.9 Å². The van der Waals surface area contributed by atoms with Gasteiger partial charge in [-0.15, -0.1) is 5.10 Å².